The van der Waals surface area contributed by atoms with Gasteiger partial charge in [-0.25, -0.2) is 0 Å². The Morgan fingerprint density at radius 3 is 2.50 bits per heavy atom. The van der Waals surface area contributed by atoms with Crippen molar-refractivity contribution in [2.75, 3.05) is 11.9 Å². The minimum absolute atomic E-state index is 0.300. The van der Waals surface area contributed by atoms with Crippen LogP contribution in [0, 0.1) is 0 Å². The third-order valence-corrected chi connectivity index (χ3v) is 5.11. The number of rotatable bonds is 0. The summed E-state index contributed by atoms with van der Waals surface area (Å²) in [6.07, 6.45) is 0. The first-order chi connectivity index (χ1) is 11.7. The quantitative estimate of drug-likeness (QED) is 0.388. The van der Waals surface area contributed by atoms with Gasteiger partial charge in [0.25, 0.3) is 0 Å². The zero-order valence-electron chi connectivity index (χ0n) is 13.6. The lowest BCUT2D eigenvalue weighted by atomic mass is 9.93. The lowest BCUT2D eigenvalue weighted by Gasteiger charge is -2.29. The third kappa shape index (κ3) is 1.54. The van der Waals surface area contributed by atoms with Crippen LogP contribution in [0.4, 0.5) is 11.4 Å². The van der Waals surface area contributed by atoms with Crippen LogP contribution in [0.5, 0.6) is 5.75 Å². The fraction of sp³-hybridized carbons (Fsp3) is 0.0952. The second-order valence-electron chi connectivity index (χ2n) is 6.39. The summed E-state index contributed by atoms with van der Waals surface area (Å²) in [5.74, 6) is 0.300. The van der Waals surface area contributed by atoms with E-state index in [9.17, 15) is 5.11 Å². The fourth-order valence-corrected chi connectivity index (χ4v) is 4.03. The van der Waals surface area contributed by atoms with E-state index in [4.69, 9.17) is 0 Å². The average molecular weight is 313 g/mol. The minimum Gasteiger partial charge on any atom is -0.508 e. The summed E-state index contributed by atoms with van der Waals surface area (Å²) in [5, 5.41) is 13.8. The van der Waals surface area contributed by atoms with Crippen molar-refractivity contribution in [2.24, 2.45) is 7.05 Å². The molecule has 0 aliphatic carbocycles. The number of hydrogen-bond donors (Lipinski definition) is 1. The molecule has 0 fully saturated rings. The molecule has 3 aromatic carbocycles. The van der Waals surface area contributed by atoms with Gasteiger partial charge in [-0.2, -0.15) is 4.57 Å². The maximum absolute atomic E-state index is 10.3. The molecular formula is C21H17N2O+. The number of aryl methyl sites for hydroxylation is 1. The van der Waals surface area contributed by atoms with Crippen molar-refractivity contribution >= 4 is 33.1 Å². The van der Waals surface area contributed by atoms with Gasteiger partial charge < -0.3 is 10.0 Å². The van der Waals surface area contributed by atoms with E-state index >= 15 is 0 Å². The largest absolute Gasteiger partial charge is 0.508 e. The molecule has 0 saturated heterocycles. The molecule has 3 heteroatoms. The van der Waals surface area contributed by atoms with Gasteiger partial charge in [0, 0.05) is 24.6 Å². The maximum Gasteiger partial charge on any atom is 0.224 e. The van der Waals surface area contributed by atoms with Gasteiger partial charge in [-0.3, -0.25) is 0 Å². The first kappa shape index (κ1) is 13.4. The monoisotopic (exact) mass is 313 g/mol. The molecule has 0 amide bonds. The fourth-order valence-electron chi connectivity index (χ4n) is 4.03. The number of nitrogens with zero attached hydrogens (tertiary/aromatic N) is 2. The van der Waals surface area contributed by atoms with Gasteiger partial charge in [0.2, 0.25) is 11.2 Å². The molecule has 0 atom stereocenters. The van der Waals surface area contributed by atoms with E-state index < -0.39 is 0 Å². The predicted molar refractivity (Wildman–Crippen MR) is 97.8 cm³/mol. The molecule has 4 aromatic rings. The van der Waals surface area contributed by atoms with Gasteiger partial charge in [-0.05, 0) is 24.3 Å². The van der Waals surface area contributed by atoms with Crippen molar-refractivity contribution in [2.45, 2.75) is 0 Å². The Morgan fingerprint density at radius 1 is 0.875 bits per heavy atom. The first-order valence-electron chi connectivity index (χ1n) is 8.07. The summed E-state index contributed by atoms with van der Waals surface area (Å²) < 4.78 is 2.27. The van der Waals surface area contributed by atoms with Crippen LogP contribution in [0.2, 0.25) is 0 Å². The molecule has 1 aromatic heterocycles. The van der Waals surface area contributed by atoms with Crippen LogP contribution in [-0.4, -0.2) is 12.2 Å². The summed E-state index contributed by atoms with van der Waals surface area (Å²) in [5.41, 5.74) is 5.78. The Bertz CT molecular complexity index is 1150. The number of hydrogen-bond acceptors (Lipinski definition) is 2. The van der Waals surface area contributed by atoms with Crippen LogP contribution in [0.15, 0.2) is 60.7 Å². The molecule has 24 heavy (non-hydrogen) atoms. The molecule has 1 aliphatic heterocycles. The molecule has 1 aliphatic rings. The Balaban J connectivity index is 2.14. The number of fused-ring (bicyclic) bond motifs is 4. The topological polar surface area (TPSA) is 27.3 Å². The van der Waals surface area contributed by atoms with Crippen LogP contribution >= 0.6 is 0 Å². The highest BCUT2D eigenvalue weighted by Gasteiger charge is 2.31. The Labute approximate surface area is 140 Å². The number of benzene rings is 3. The van der Waals surface area contributed by atoms with Gasteiger partial charge in [0.1, 0.15) is 12.8 Å². The smallest absolute Gasteiger partial charge is 0.224 e. The number of aromatic hydroxyl groups is 1. The molecule has 0 bridgehead atoms. The van der Waals surface area contributed by atoms with Gasteiger partial charge in [-0.1, -0.05) is 24.3 Å². The van der Waals surface area contributed by atoms with E-state index in [1.165, 1.54) is 16.6 Å². The number of aromatic nitrogens is 1. The summed E-state index contributed by atoms with van der Waals surface area (Å²) in [6, 6.07) is 20.5. The Hall–Kier alpha value is -3.07. The number of phenolic OH excluding ortho intramolecular Hbond substituents is 1. The van der Waals surface area contributed by atoms with Crippen molar-refractivity contribution in [3.63, 3.8) is 0 Å². The molecule has 3 nitrogen and oxygen atoms in total. The van der Waals surface area contributed by atoms with Gasteiger partial charge in [0.15, 0.2) is 0 Å². The number of para-hydroxylation sites is 2. The lowest BCUT2D eigenvalue weighted by Crippen LogP contribution is -2.34. The Kier molecular flexibility index (Phi) is 2.50. The maximum atomic E-state index is 10.3. The van der Waals surface area contributed by atoms with E-state index in [0.717, 1.165) is 27.7 Å². The molecule has 0 unspecified atom stereocenters. The molecule has 5 rings (SSSR count). The van der Waals surface area contributed by atoms with Crippen molar-refractivity contribution < 1.29 is 9.67 Å². The zero-order chi connectivity index (χ0) is 16.4. The molecule has 2 heterocycles. The van der Waals surface area contributed by atoms with E-state index in [1.54, 1.807) is 0 Å². The van der Waals surface area contributed by atoms with Gasteiger partial charge in [0.05, 0.1) is 27.7 Å². The van der Waals surface area contributed by atoms with Gasteiger partial charge >= 0.3 is 0 Å². The van der Waals surface area contributed by atoms with Crippen LogP contribution in [0.25, 0.3) is 32.9 Å². The lowest BCUT2D eigenvalue weighted by molar-refractivity contribution is -0.632. The summed E-state index contributed by atoms with van der Waals surface area (Å²) in [4.78, 5) is 2.17. The third-order valence-electron chi connectivity index (χ3n) is 5.11. The summed E-state index contributed by atoms with van der Waals surface area (Å²) in [7, 11) is 4.18. The molecular weight excluding hydrogens is 296 g/mol. The minimum atomic E-state index is 0.300. The SMILES string of the molecule is CN1c2ccccc2-c2c3c1cc(O)cc3c1ccccc1[n+]2C. The molecule has 0 radical (unpaired) electrons. The number of phenols is 1. The molecule has 0 saturated carbocycles. The standard InChI is InChI=1S/C21H16N2O/c1-22-18-10-6-4-8-15(18)21-20-16(11-13(24)12-19(20)22)14-7-3-5-9-17(14)23(21)2/h3-12H,1-2H3/p+1. The van der Waals surface area contributed by atoms with Crippen LogP contribution in [0.1, 0.15) is 0 Å². The zero-order valence-corrected chi connectivity index (χ0v) is 13.6. The molecule has 1 N–H and O–H groups in total. The molecule has 116 valence electrons. The number of pyridine rings is 1. The Morgan fingerprint density at radius 2 is 1.62 bits per heavy atom. The van der Waals surface area contributed by atoms with Crippen LogP contribution < -0.4 is 9.47 Å². The highest BCUT2D eigenvalue weighted by Crippen LogP contribution is 2.47. The highest BCUT2D eigenvalue weighted by molar-refractivity contribution is 6.17. The van der Waals surface area contributed by atoms with Crippen molar-refractivity contribution in [1.29, 1.82) is 0 Å². The van der Waals surface area contributed by atoms with Crippen molar-refractivity contribution in [3.8, 4) is 17.0 Å². The van der Waals surface area contributed by atoms with Crippen molar-refractivity contribution in [3.05, 3.63) is 60.7 Å². The average Bonchev–Trinajstić information content (AvgIpc) is 2.61. The second kappa shape index (κ2) is 4.48. The highest BCUT2D eigenvalue weighted by atomic mass is 16.3. The second-order valence-corrected chi connectivity index (χ2v) is 6.39. The van der Waals surface area contributed by atoms with Crippen LogP contribution in [0.3, 0.4) is 0 Å². The summed E-state index contributed by atoms with van der Waals surface area (Å²) >= 11 is 0. The van der Waals surface area contributed by atoms with E-state index in [2.05, 4.69) is 72.1 Å². The van der Waals surface area contributed by atoms with Gasteiger partial charge in [-0.15, -0.1) is 0 Å². The number of anilines is 2. The normalized spacial score (nSPS) is 12.7. The van der Waals surface area contributed by atoms with E-state index in [0.29, 0.717) is 5.75 Å². The predicted octanol–water partition coefficient (Wildman–Crippen LogP) is 4.27. The molecule has 0 spiro atoms. The van der Waals surface area contributed by atoms with E-state index in [-0.39, 0.29) is 0 Å². The summed E-state index contributed by atoms with van der Waals surface area (Å²) in [6.45, 7) is 0. The van der Waals surface area contributed by atoms with Crippen molar-refractivity contribution in [1.82, 2.24) is 0 Å². The van der Waals surface area contributed by atoms with Crippen LogP contribution in [-0.2, 0) is 7.05 Å². The van der Waals surface area contributed by atoms with E-state index in [1.807, 2.05) is 12.1 Å². The first-order valence-corrected chi connectivity index (χ1v) is 8.07.